The van der Waals surface area contributed by atoms with Crippen molar-refractivity contribution in [1.82, 2.24) is 0 Å². The van der Waals surface area contributed by atoms with Gasteiger partial charge in [-0.25, -0.2) is 0 Å². The Morgan fingerprint density at radius 1 is 1.38 bits per heavy atom. The third-order valence-corrected chi connectivity index (χ3v) is 3.49. The normalized spacial score (nSPS) is 17.8. The number of rotatable bonds is 3. The number of aliphatic hydroxyl groups is 1. The Kier molecular flexibility index (Phi) is 4.08. The van der Waals surface area contributed by atoms with Crippen molar-refractivity contribution in [3.05, 3.63) is 29.3 Å². The van der Waals surface area contributed by atoms with Crippen LogP contribution < -0.4 is 4.90 Å². The molecule has 16 heavy (non-hydrogen) atoms. The number of nitrogens with zero attached hydrogens (tertiary/aromatic N) is 1. The molecular weight excluding hydrogens is 222 g/mol. The van der Waals surface area contributed by atoms with E-state index in [0.29, 0.717) is 12.5 Å². The summed E-state index contributed by atoms with van der Waals surface area (Å²) in [7, 11) is 0. The van der Waals surface area contributed by atoms with E-state index in [4.69, 9.17) is 16.7 Å². The van der Waals surface area contributed by atoms with Crippen molar-refractivity contribution >= 4 is 17.3 Å². The quantitative estimate of drug-likeness (QED) is 0.876. The van der Waals surface area contributed by atoms with Crippen molar-refractivity contribution in [2.24, 2.45) is 5.92 Å². The van der Waals surface area contributed by atoms with E-state index in [9.17, 15) is 0 Å². The average Bonchev–Trinajstić information content (AvgIpc) is 2.32. The van der Waals surface area contributed by atoms with Gasteiger partial charge in [0, 0.05) is 36.5 Å². The fraction of sp³-hybridized carbons (Fsp3) is 0.538. The Balaban J connectivity index is 1.91. The molecule has 2 rings (SSSR count). The van der Waals surface area contributed by atoms with Crippen LogP contribution in [0.2, 0.25) is 5.02 Å². The monoisotopic (exact) mass is 238 g/mol. The van der Waals surface area contributed by atoms with Crippen LogP contribution in [0.15, 0.2) is 18.2 Å². The fourth-order valence-electron chi connectivity index (χ4n) is 2.24. The van der Waals surface area contributed by atoms with Crippen LogP contribution in [0.3, 0.4) is 0 Å². The molecule has 1 N–H and O–H groups in total. The second-order valence-electron chi connectivity index (χ2n) is 4.33. The van der Waals surface area contributed by atoms with Crippen molar-refractivity contribution < 1.29 is 5.11 Å². The molecule has 0 amide bonds. The average molecular weight is 239 g/mol. The van der Waals surface area contributed by atoms with E-state index in [0.717, 1.165) is 43.1 Å². The van der Waals surface area contributed by atoms with Gasteiger partial charge in [0.2, 0.25) is 0 Å². The maximum absolute atomic E-state index is 8.90. The summed E-state index contributed by atoms with van der Waals surface area (Å²) in [6.07, 6.45) is 3.27. The zero-order chi connectivity index (χ0) is 11.4. The number of aliphatic hydroxyl groups excluding tert-OH is 1. The first-order valence-electron chi connectivity index (χ1n) is 5.82. The van der Waals surface area contributed by atoms with Gasteiger partial charge in [0.05, 0.1) is 0 Å². The second kappa shape index (κ2) is 5.55. The van der Waals surface area contributed by atoms with Crippen molar-refractivity contribution in [2.75, 3.05) is 24.6 Å². The molecule has 1 fully saturated rings. The highest BCUT2D eigenvalue weighted by Gasteiger charge is 2.18. The molecule has 1 saturated heterocycles. The number of benzene rings is 1. The first kappa shape index (κ1) is 11.7. The molecule has 1 aliphatic rings. The fourth-order valence-corrected chi connectivity index (χ4v) is 2.36. The lowest BCUT2D eigenvalue weighted by Crippen LogP contribution is -2.33. The molecule has 0 atom stereocenters. The van der Waals surface area contributed by atoms with E-state index in [1.54, 1.807) is 0 Å². The molecule has 1 heterocycles. The maximum atomic E-state index is 8.90. The van der Waals surface area contributed by atoms with Crippen LogP contribution in [-0.2, 0) is 0 Å². The summed E-state index contributed by atoms with van der Waals surface area (Å²) >= 11 is 5.84. The van der Waals surface area contributed by atoms with Crippen molar-refractivity contribution in [3.8, 4) is 0 Å². The highest BCUT2D eigenvalue weighted by atomic mass is 35.5. The van der Waals surface area contributed by atoms with Crippen molar-refractivity contribution in [1.29, 1.82) is 0 Å². The van der Waals surface area contributed by atoms with E-state index in [1.807, 2.05) is 18.2 Å². The molecule has 1 radical (unpaired) electrons. The molecule has 1 aromatic rings. The minimum atomic E-state index is 0.317. The second-order valence-corrected chi connectivity index (χ2v) is 4.77. The maximum Gasteiger partial charge on any atom is 0.0447 e. The number of hydrogen-bond donors (Lipinski definition) is 1. The molecule has 0 aliphatic carbocycles. The van der Waals surface area contributed by atoms with E-state index in [2.05, 4.69) is 11.0 Å². The van der Waals surface area contributed by atoms with Crippen LogP contribution in [0.4, 0.5) is 5.69 Å². The Hall–Kier alpha value is -0.730. The van der Waals surface area contributed by atoms with Gasteiger partial charge in [-0.1, -0.05) is 11.6 Å². The number of piperidine rings is 1. The van der Waals surface area contributed by atoms with Gasteiger partial charge in [-0.2, -0.15) is 0 Å². The van der Waals surface area contributed by atoms with Gasteiger partial charge in [-0.15, -0.1) is 0 Å². The Morgan fingerprint density at radius 2 is 2.12 bits per heavy atom. The molecule has 87 valence electrons. The summed E-state index contributed by atoms with van der Waals surface area (Å²) in [5.74, 6) is 0.688. The Bertz CT molecular complexity index is 317. The van der Waals surface area contributed by atoms with Crippen LogP contribution in [-0.4, -0.2) is 24.8 Å². The molecule has 0 unspecified atom stereocenters. The number of halogens is 1. The standard InChI is InChI=1S/C13H17ClNO/c14-12-1-3-13(4-2-12)15-8-5-11(6-9-15)7-10-16/h1-3,11,16H,5-10H2. The van der Waals surface area contributed by atoms with Gasteiger partial charge in [0.15, 0.2) is 0 Å². The van der Waals surface area contributed by atoms with Crippen LogP contribution in [0, 0.1) is 12.0 Å². The topological polar surface area (TPSA) is 23.5 Å². The first-order chi connectivity index (χ1) is 7.79. The van der Waals surface area contributed by atoms with Gasteiger partial charge in [-0.05, 0) is 43.4 Å². The summed E-state index contributed by atoms with van der Waals surface area (Å²) in [5, 5.41) is 9.63. The lowest BCUT2D eigenvalue weighted by atomic mass is 9.94. The van der Waals surface area contributed by atoms with E-state index < -0.39 is 0 Å². The molecular formula is C13H17ClNO. The Morgan fingerprint density at radius 3 is 2.69 bits per heavy atom. The van der Waals surface area contributed by atoms with Crippen LogP contribution >= 0.6 is 11.6 Å². The largest absolute Gasteiger partial charge is 0.396 e. The predicted molar refractivity (Wildman–Crippen MR) is 66.9 cm³/mol. The van der Waals surface area contributed by atoms with Gasteiger partial charge in [0.25, 0.3) is 0 Å². The summed E-state index contributed by atoms with van der Waals surface area (Å²) in [4.78, 5) is 2.34. The highest BCUT2D eigenvalue weighted by Crippen LogP contribution is 2.25. The zero-order valence-electron chi connectivity index (χ0n) is 9.32. The Labute approximate surface area is 102 Å². The predicted octanol–water partition coefficient (Wildman–Crippen LogP) is 2.74. The van der Waals surface area contributed by atoms with Gasteiger partial charge in [0.1, 0.15) is 0 Å². The molecule has 0 bridgehead atoms. The number of anilines is 1. The molecule has 1 aliphatic heterocycles. The van der Waals surface area contributed by atoms with E-state index in [1.165, 1.54) is 0 Å². The number of hydrogen-bond acceptors (Lipinski definition) is 2. The van der Waals surface area contributed by atoms with Crippen molar-refractivity contribution in [2.45, 2.75) is 19.3 Å². The lowest BCUT2D eigenvalue weighted by molar-refractivity contribution is 0.240. The van der Waals surface area contributed by atoms with Gasteiger partial charge in [-0.3, -0.25) is 0 Å². The molecule has 0 spiro atoms. The van der Waals surface area contributed by atoms with Crippen LogP contribution in [0.1, 0.15) is 19.3 Å². The smallest absolute Gasteiger partial charge is 0.0447 e. The summed E-state index contributed by atoms with van der Waals surface area (Å²) in [5.41, 5.74) is 1.13. The first-order valence-corrected chi connectivity index (χ1v) is 6.20. The van der Waals surface area contributed by atoms with Crippen molar-refractivity contribution in [3.63, 3.8) is 0 Å². The molecule has 3 heteroatoms. The molecule has 0 aromatic heterocycles. The van der Waals surface area contributed by atoms with E-state index in [-0.39, 0.29) is 0 Å². The minimum absolute atomic E-state index is 0.317. The third kappa shape index (κ3) is 2.89. The summed E-state index contributed by atoms with van der Waals surface area (Å²) in [6, 6.07) is 8.95. The molecule has 0 saturated carbocycles. The minimum Gasteiger partial charge on any atom is -0.396 e. The lowest BCUT2D eigenvalue weighted by Gasteiger charge is -2.33. The molecule has 1 aromatic carbocycles. The molecule has 2 nitrogen and oxygen atoms in total. The SMILES string of the molecule is OCCC1CCN(c2[c]cc(Cl)cc2)CC1. The van der Waals surface area contributed by atoms with Crippen LogP contribution in [0.25, 0.3) is 0 Å². The van der Waals surface area contributed by atoms with Gasteiger partial charge < -0.3 is 10.0 Å². The zero-order valence-corrected chi connectivity index (χ0v) is 10.1. The van der Waals surface area contributed by atoms with Gasteiger partial charge >= 0.3 is 0 Å². The van der Waals surface area contributed by atoms with Crippen LogP contribution in [0.5, 0.6) is 0 Å². The summed E-state index contributed by atoms with van der Waals surface area (Å²) < 4.78 is 0. The summed E-state index contributed by atoms with van der Waals surface area (Å²) in [6.45, 7) is 2.43. The van der Waals surface area contributed by atoms with E-state index >= 15 is 0 Å². The highest BCUT2D eigenvalue weighted by molar-refractivity contribution is 6.30. The third-order valence-electron chi connectivity index (χ3n) is 3.25.